The van der Waals surface area contributed by atoms with E-state index in [0.717, 1.165) is 0 Å². The fourth-order valence-corrected chi connectivity index (χ4v) is 3.03. The number of Topliss-reactive ketones (excluding diaryl/α,β-unsaturated/α-hetero) is 1. The van der Waals surface area contributed by atoms with Crippen LogP contribution in [0.25, 0.3) is 0 Å². The Labute approximate surface area is 145 Å². The van der Waals surface area contributed by atoms with Gasteiger partial charge in [0.2, 0.25) is 11.8 Å². The second kappa shape index (κ2) is 8.10. The van der Waals surface area contributed by atoms with Gasteiger partial charge in [-0.2, -0.15) is 0 Å². The standard InChI is InChI=1S/C17H21N3O3S/c1-10(2)9-18-17-20-16(23)14(24-17)8-15(22)19-13-6-4-12(5-7-13)11(3)21/h4-7,10,14H,8-9H2,1-3H3,(H,19,22)(H,18,20,23). The molecular formula is C17H21N3O3S. The molecular weight excluding hydrogens is 326 g/mol. The van der Waals surface area contributed by atoms with Crippen LogP contribution >= 0.6 is 11.8 Å². The molecule has 1 aromatic carbocycles. The normalized spacial score (nSPS) is 18.8. The van der Waals surface area contributed by atoms with E-state index in [9.17, 15) is 14.4 Å². The molecule has 1 saturated heterocycles. The molecule has 6 nitrogen and oxygen atoms in total. The number of carbonyl (C=O) groups excluding carboxylic acids is 3. The molecule has 2 amide bonds. The predicted molar refractivity (Wildman–Crippen MR) is 96.4 cm³/mol. The Morgan fingerprint density at radius 1 is 1.29 bits per heavy atom. The van der Waals surface area contributed by atoms with Crippen LogP contribution in [0.3, 0.4) is 0 Å². The molecule has 1 fully saturated rings. The molecule has 2 rings (SSSR count). The number of nitrogens with one attached hydrogen (secondary N) is 2. The fourth-order valence-electron chi connectivity index (χ4n) is 2.05. The van der Waals surface area contributed by atoms with Crippen molar-refractivity contribution in [2.24, 2.45) is 10.9 Å². The minimum Gasteiger partial charge on any atom is -0.326 e. The van der Waals surface area contributed by atoms with Crippen LogP contribution in [-0.2, 0) is 9.59 Å². The number of hydrogen-bond donors (Lipinski definition) is 2. The van der Waals surface area contributed by atoms with Gasteiger partial charge in [0.1, 0.15) is 5.25 Å². The van der Waals surface area contributed by atoms with Crippen LogP contribution in [0.1, 0.15) is 37.6 Å². The number of nitrogens with zero attached hydrogens (tertiary/aromatic N) is 1. The first-order chi connectivity index (χ1) is 11.3. The molecule has 128 valence electrons. The van der Waals surface area contributed by atoms with Crippen molar-refractivity contribution < 1.29 is 14.4 Å². The lowest BCUT2D eigenvalue weighted by molar-refractivity contribution is -0.122. The molecule has 2 N–H and O–H groups in total. The van der Waals surface area contributed by atoms with E-state index < -0.39 is 5.25 Å². The third-order valence-corrected chi connectivity index (χ3v) is 4.44. The highest BCUT2D eigenvalue weighted by molar-refractivity contribution is 8.15. The third-order valence-electron chi connectivity index (χ3n) is 3.32. The van der Waals surface area contributed by atoms with Gasteiger partial charge in [0, 0.05) is 24.2 Å². The number of aliphatic imine (C=N–C) groups is 1. The molecule has 1 aliphatic rings. The average molecular weight is 347 g/mol. The number of amidine groups is 1. The molecule has 1 aliphatic heterocycles. The zero-order chi connectivity index (χ0) is 17.7. The summed E-state index contributed by atoms with van der Waals surface area (Å²) in [6.45, 7) is 6.23. The van der Waals surface area contributed by atoms with Gasteiger partial charge < -0.3 is 10.6 Å². The summed E-state index contributed by atoms with van der Waals surface area (Å²) in [5.41, 5.74) is 1.19. The largest absolute Gasteiger partial charge is 0.326 e. The molecule has 0 aromatic heterocycles. The van der Waals surface area contributed by atoms with Gasteiger partial charge in [-0.15, -0.1) is 0 Å². The lowest BCUT2D eigenvalue weighted by Crippen LogP contribution is -2.28. The molecule has 1 heterocycles. The SMILES string of the molecule is CC(=O)c1ccc(NC(=O)CC2SC(=NCC(C)C)NC2=O)cc1. The minimum atomic E-state index is -0.465. The summed E-state index contributed by atoms with van der Waals surface area (Å²) in [6.07, 6.45) is 0.0751. The van der Waals surface area contributed by atoms with Crippen molar-refractivity contribution in [1.29, 1.82) is 0 Å². The van der Waals surface area contributed by atoms with E-state index >= 15 is 0 Å². The average Bonchev–Trinajstić information content (AvgIpc) is 2.85. The second-order valence-electron chi connectivity index (χ2n) is 6.02. The maximum absolute atomic E-state index is 12.1. The Morgan fingerprint density at radius 2 is 1.96 bits per heavy atom. The summed E-state index contributed by atoms with van der Waals surface area (Å²) in [7, 11) is 0. The lowest BCUT2D eigenvalue weighted by Gasteiger charge is -2.07. The summed E-state index contributed by atoms with van der Waals surface area (Å²) in [5, 5.41) is 5.56. The number of thioether (sulfide) groups is 1. The predicted octanol–water partition coefficient (Wildman–Crippen LogP) is 2.46. The van der Waals surface area contributed by atoms with E-state index in [1.54, 1.807) is 24.3 Å². The van der Waals surface area contributed by atoms with Gasteiger partial charge in [-0.3, -0.25) is 19.4 Å². The van der Waals surface area contributed by atoms with Crippen molar-refractivity contribution in [3.63, 3.8) is 0 Å². The lowest BCUT2D eigenvalue weighted by atomic mass is 10.1. The first-order valence-electron chi connectivity index (χ1n) is 7.78. The van der Waals surface area contributed by atoms with Crippen LogP contribution in [-0.4, -0.2) is 34.6 Å². The Balaban J connectivity index is 1.89. The van der Waals surface area contributed by atoms with Crippen LogP contribution in [0.4, 0.5) is 5.69 Å². The Morgan fingerprint density at radius 3 is 2.54 bits per heavy atom. The highest BCUT2D eigenvalue weighted by Gasteiger charge is 2.31. The number of hydrogen-bond acceptors (Lipinski definition) is 5. The van der Waals surface area contributed by atoms with Crippen molar-refractivity contribution in [3.05, 3.63) is 29.8 Å². The number of anilines is 1. The topological polar surface area (TPSA) is 87.6 Å². The van der Waals surface area contributed by atoms with Gasteiger partial charge in [0.15, 0.2) is 11.0 Å². The Hall–Kier alpha value is -2.15. The van der Waals surface area contributed by atoms with Crippen molar-refractivity contribution in [3.8, 4) is 0 Å². The molecule has 0 bridgehead atoms. The van der Waals surface area contributed by atoms with Crippen molar-refractivity contribution in [2.45, 2.75) is 32.4 Å². The number of ketones is 1. The second-order valence-corrected chi connectivity index (χ2v) is 7.21. The first-order valence-corrected chi connectivity index (χ1v) is 8.66. The first kappa shape index (κ1) is 18.2. The number of benzene rings is 1. The maximum Gasteiger partial charge on any atom is 0.240 e. The van der Waals surface area contributed by atoms with Gasteiger partial charge in [0.05, 0.1) is 0 Å². The van der Waals surface area contributed by atoms with E-state index in [1.165, 1.54) is 18.7 Å². The van der Waals surface area contributed by atoms with Crippen LogP contribution < -0.4 is 10.6 Å². The van der Waals surface area contributed by atoms with Crippen molar-refractivity contribution >= 4 is 40.2 Å². The molecule has 0 aliphatic carbocycles. The summed E-state index contributed by atoms with van der Waals surface area (Å²) in [4.78, 5) is 39.6. The molecule has 0 saturated carbocycles. The van der Waals surface area contributed by atoms with E-state index in [2.05, 4.69) is 15.6 Å². The summed E-state index contributed by atoms with van der Waals surface area (Å²) >= 11 is 1.29. The van der Waals surface area contributed by atoms with Gasteiger partial charge in [-0.1, -0.05) is 25.6 Å². The van der Waals surface area contributed by atoms with Gasteiger partial charge in [0.25, 0.3) is 0 Å². The van der Waals surface area contributed by atoms with Gasteiger partial charge >= 0.3 is 0 Å². The fraction of sp³-hybridized carbons (Fsp3) is 0.412. The molecule has 1 aromatic rings. The van der Waals surface area contributed by atoms with E-state index in [1.807, 2.05) is 13.8 Å². The van der Waals surface area contributed by atoms with Crippen LogP contribution in [0, 0.1) is 5.92 Å². The van der Waals surface area contributed by atoms with Crippen molar-refractivity contribution in [2.75, 3.05) is 11.9 Å². The summed E-state index contributed by atoms with van der Waals surface area (Å²) in [6, 6.07) is 6.66. The van der Waals surface area contributed by atoms with Gasteiger partial charge in [-0.25, -0.2) is 0 Å². The zero-order valence-corrected chi connectivity index (χ0v) is 14.8. The quantitative estimate of drug-likeness (QED) is 0.774. The molecule has 24 heavy (non-hydrogen) atoms. The van der Waals surface area contributed by atoms with Crippen LogP contribution in [0.2, 0.25) is 0 Å². The third kappa shape index (κ3) is 5.19. The van der Waals surface area contributed by atoms with Gasteiger partial charge in [-0.05, 0) is 37.1 Å². The minimum absolute atomic E-state index is 0.0277. The Bertz CT molecular complexity index is 668. The molecule has 0 spiro atoms. The molecule has 7 heteroatoms. The summed E-state index contributed by atoms with van der Waals surface area (Å²) < 4.78 is 0. The maximum atomic E-state index is 12.1. The number of carbonyl (C=O) groups is 3. The van der Waals surface area contributed by atoms with E-state index in [4.69, 9.17) is 0 Å². The molecule has 1 unspecified atom stereocenters. The van der Waals surface area contributed by atoms with Crippen LogP contribution in [0.15, 0.2) is 29.3 Å². The number of rotatable bonds is 6. The molecule has 0 radical (unpaired) electrons. The molecule has 1 atom stereocenters. The van der Waals surface area contributed by atoms with E-state index in [0.29, 0.717) is 28.9 Å². The monoisotopic (exact) mass is 347 g/mol. The van der Waals surface area contributed by atoms with Crippen LogP contribution in [0.5, 0.6) is 0 Å². The highest BCUT2D eigenvalue weighted by atomic mass is 32.2. The smallest absolute Gasteiger partial charge is 0.240 e. The number of amides is 2. The highest BCUT2D eigenvalue weighted by Crippen LogP contribution is 2.23. The Kier molecular flexibility index (Phi) is 6.14. The van der Waals surface area contributed by atoms with Crippen molar-refractivity contribution in [1.82, 2.24) is 5.32 Å². The summed E-state index contributed by atoms with van der Waals surface area (Å²) in [5.74, 6) is -0.0524. The van der Waals surface area contributed by atoms with E-state index in [-0.39, 0.29) is 24.0 Å². The zero-order valence-electron chi connectivity index (χ0n) is 14.0.